The van der Waals surface area contributed by atoms with Crippen molar-refractivity contribution in [2.75, 3.05) is 77.0 Å². The van der Waals surface area contributed by atoms with Crippen LogP contribution in [0.25, 0.3) is 21.5 Å². The van der Waals surface area contributed by atoms with E-state index >= 15 is 0 Å². The molecule has 4 aromatic rings. The predicted octanol–water partition coefficient (Wildman–Crippen LogP) is 10.5. The summed E-state index contributed by atoms with van der Waals surface area (Å²) in [5.41, 5.74) is 2.78. The van der Waals surface area contributed by atoms with Crippen molar-refractivity contribution >= 4 is 64.4 Å². The zero-order valence-corrected chi connectivity index (χ0v) is 39.5. The van der Waals surface area contributed by atoms with Crippen LogP contribution in [0.2, 0.25) is 10.5 Å². The van der Waals surface area contributed by atoms with Gasteiger partial charge in [-0.2, -0.15) is 0 Å². The molecular weight excluding hydrogens is 797 g/mol. The summed E-state index contributed by atoms with van der Waals surface area (Å²) in [6.45, 7) is 24.5. The second-order valence-electron chi connectivity index (χ2n) is 17.0. The molecule has 0 radical (unpaired) electrons. The average molecular weight is 868 g/mol. The fourth-order valence-electron chi connectivity index (χ4n) is 8.58. The summed E-state index contributed by atoms with van der Waals surface area (Å²) in [7, 11) is 2.64. The molecule has 2 aliphatic rings. The quantitative estimate of drug-likeness (QED) is 0.0541. The van der Waals surface area contributed by atoms with Crippen LogP contribution in [0, 0.1) is 11.8 Å². The van der Waals surface area contributed by atoms with Crippen LogP contribution in [0.1, 0.15) is 77.3 Å². The predicted molar refractivity (Wildman–Crippen MR) is 257 cm³/mol. The van der Waals surface area contributed by atoms with Crippen molar-refractivity contribution in [3.8, 4) is 0 Å². The van der Waals surface area contributed by atoms with Gasteiger partial charge in [0.15, 0.2) is 0 Å². The first-order chi connectivity index (χ1) is 27.7. The maximum atomic E-state index is 5.02. The van der Waals surface area contributed by atoms with Gasteiger partial charge < -0.3 is 0 Å². The number of nitrogens with zero attached hydrogens (tertiary/aromatic N) is 4. The van der Waals surface area contributed by atoms with Crippen molar-refractivity contribution in [3.05, 3.63) is 96.1 Å². The zero-order valence-electron chi connectivity index (χ0n) is 35.8. The van der Waals surface area contributed by atoms with Gasteiger partial charge in [-0.15, -0.1) is 0 Å². The van der Waals surface area contributed by atoms with Crippen LogP contribution in [0.15, 0.2) is 94.9 Å². The number of hydrogen-bond acceptors (Lipinski definition) is 8. The molecule has 0 aliphatic carbocycles. The first-order valence-corrected chi connectivity index (χ1v) is 32.1. The summed E-state index contributed by atoms with van der Waals surface area (Å²) in [4.78, 5) is 15.1. The summed E-state index contributed by atoms with van der Waals surface area (Å²) < 4.78 is 0. The number of rotatable bonds is 24. The van der Waals surface area contributed by atoms with Gasteiger partial charge in [-0.25, -0.2) is 0 Å². The van der Waals surface area contributed by atoms with Gasteiger partial charge in [0, 0.05) is 0 Å². The Morgan fingerprint density at radius 2 is 0.982 bits per heavy atom. The molecule has 0 bridgehead atoms. The van der Waals surface area contributed by atoms with Crippen molar-refractivity contribution in [2.45, 2.75) is 76.7 Å². The first kappa shape index (κ1) is 44.1. The van der Waals surface area contributed by atoms with Gasteiger partial charge >= 0.3 is 308 Å². The second-order valence-corrected chi connectivity index (χ2v) is 37.4. The average Bonchev–Trinajstić information content (AvgIpc) is 3.90. The Kier molecular flexibility index (Phi) is 17.2. The molecule has 2 unspecified atom stereocenters. The van der Waals surface area contributed by atoms with Crippen LogP contribution in [-0.2, 0) is 0 Å². The van der Waals surface area contributed by atoms with E-state index < -0.39 is 11.0 Å². The normalized spacial score (nSPS) is 16.0. The molecule has 57 heavy (non-hydrogen) atoms. The van der Waals surface area contributed by atoms with Gasteiger partial charge in [0.1, 0.15) is 0 Å². The summed E-state index contributed by atoms with van der Waals surface area (Å²) >= 11 is 0. The molecule has 308 valence electrons. The van der Waals surface area contributed by atoms with Crippen molar-refractivity contribution in [1.29, 1.82) is 0 Å². The van der Waals surface area contributed by atoms with Crippen molar-refractivity contribution in [2.24, 2.45) is 21.8 Å². The van der Waals surface area contributed by atoms with E-state index in [2.05, 4.69) is 167 Å². The molecule has 2 N–H and O–H groups in total. The molecule has 0 fully saturated rings. The fourth-order valence-corrected chi connectivity index (χ4v) is 31.7. The number of amidine groups is 2. The van der Waals surface area contributed by atoms with Crippen LogP contribution in [0.5, 0.6) is 0 Å². The number of fused-ring (bicyclic) bond motifs is 2. The Hall–Kier alpha value is -2.50. The van der Waals surface area contributed by atoms with Crippen LogP contribution in [-0.4, -0.2) is 109 Å². The van der Waals surface area contributed by atoms with Crippen molar-refractivity contribution < 1.29 is 0 Å². The Labute approximate surface area is 354 Å². The van der Waals surface area contributed by atoms with E-state index in [9.17, 15) is 0 Å². The Morgan fingerprint density at radius 1 is 0.561 bits per heavy atom. The zero-order chi connectivity index (χ0) is 40.0. The molecule has 6 nitrogen and oxygen atoms in total. The molecular formula is C48H70GeN6S2. The number of aliphatic imine (C=N–C) groups is 2. The molecule has 0 aromatic heterocycles. The Bertz CT molecular complexity index is 1760. The molecule has 6 rings (SSSR count). The number of hydrogen-bond donors (Lipinski definition) is 2. The minimum atomic E-state index is -2.21. The molecule has 9 heteroatoms. The van der Waals surface area contributed by atoms with Gasteiger partial charge in [0.2, 0.25) is 0 Å². The van der Waals surface area contributed by atoms with E-state index in [1.807, 2.05) is 0 Å². The molecule has 2 aliphatic heterocycles. The summed E-state index contributed by atoms with van der Waals surface area (Å²) in [6, 6.07) is 31.0. The number of benzene rings is 4. The van der Waals surface area contributed by atoms with Crippen LogP contribution >= 0.6 is 20.2 Å². The molecule has 2 atom stereocenters. The van der Waals surface area contributed by atoms with Crippen LogP contribution in [0.3, 0.4) is 0 Å². The van der Waals surface area contributed by atoms with Gasteiger partial charge in [-0.3, -0.25) is 0 Å². The molecule has 4 aromatic carbocycles. The number of nitrogens with one attached hydrogen (secondary N) is 2. The Balaban J connectivity index is 0.956. The molecule has 0 spiro atoms. The molecule has 0 saturated carbocycles. The van der Waals surface area contributed by atoms with E-state index in [0.717, 1.165) is 77.3 Å². The molecule has 0 saturated heterocycles. The summed E-state index contributed by atoms with van der Waals surface area (Å²) in [5, 5.41) is 16.0. The topological polar surface area (TPSA) is 55.3 Å². The van der Waals surface area contributed by atoms with Gasteiger partial charge in [0.05, 0.1) is 0 Å². The molecule has 2 heterocycles. The van der Waals surface area contributed by atoms with Gasteiger partial charge in [0.25, 0.3) is 0 Å². The van der Waals surface area contributed by atoms with E-state index in [1.165, 1.54) is 79.2 Å². The monoisotopic (exact) mass is 868 g/mol. The van der Waals surface area contributed by atoms with Crippen molar-refractivity contribution in [1.82, 2.24) is 20.4 Å². The third-order valence-electron chi connectivity index (χ3n) is 11.9. The maximum absolute atomic E-state index is 5.02. The van der Waals surface area contributed by atoms with Crippen LogP contribution in [0.4, 0.5) is 0 Å². The second kappa shape index (κ2) is 22.2. The van der Waals surface area contributed by atoms with E-state index in [0.29, 0.717) is 11.8 Å². The fraction of sp³-hybridized carbons (Fsp3) is 0.542. The molecule has 0 amide bonds. The van der Waals surface area contributed by atoms with Gasteiger partial charge in [-0.1, -0.05) is 48.5 Å². The van der Waals surface area contributed by atoms with Crippen LogP contribution < -0.4 is 10.6 Å². The Morgan fingerprint density at radius 3 is 1.42 bits per heavy atom. The minimum absolute atomic E-state index is 0.298. The van der Waals surface area contributed by atoms with E-state index in [-0.39, 0.29) is 0 Å². The van der Waals surface area contributed by atoms with Gasteiger partial charge in [-0.05, 0) is 0 Å². The summed E-state index contributed by atoms with van der Waals surface area (Å²) in [6.07, 6.45) is 2.74. The van der Waals surface area contributed by atoms with E-state index in [1.54, 1.807) is 0 Å². The first-order valence-electron chi connectivity index (χ1n) is 22.0. The van der Waals surface area contributed by atoms with Crippen molar-refractivity contribution in [3.63, 3.8) is 0 Å². The SMILES string of the molecule is CC(C)C[CH2][Ge]([CH2]CC(C)C)([S]CCNCCN1CCN=C1C(C)c1cccc2ccccc12)[S]CCNCCN1CCN=C1C(C)c1cccc2ccccc12. The third-order valence-corrected chi connectivity index (χ3v) is 35.3. The summed E-state index contributed by atoms with van der Waals surface area (Å²) in [5.74, 6) is 7.12. The van der Waals surface area contributed by atoms with E-state index in [4.69, 9.17) is 9.98 Å². The standard InChI is InChI=1S/C48H70GeN6S2/c1-37(2)21-23-49(24-22-38(3)4,56-35-29-50-25-31-54-33-27-52-47(54)39(5)43-19-11-15-41-13-7-9-17-45(41)43)57-36-30-51-26-32-55-34-28-53-48(55)40(6)44-20-12-16-42-14-8-10-18-46(42)44/h7-20,37-40,50-51H,21-36H2,1-6H3. The third kappa shape index (κ3) is 12.3.